The highest BCUT2D eigenvalue weighted by Crippen LogP contribution is 2.15. The molecule has 1 fully saturated rings. The maximum Gasteiger partial charge on any atom is 0.253 e. The Morgan fingerprint density at radius 2 is 2.04 bits per heavy atom. The highest BCUT2D eigenvalue weighted by molar-refractivity contribution is 5.94. The Hall–Kier alpha value is -2.35. The minimum absolute atomic E-state index is 0.0472. The van der Waals surface area contributed by atoms with Gasteiger partial charge in [-0.25, -0.2) is 0 Å². The van der Waals surface area contributed by atoms with E-state index in [1.54, 1.807) is 29.2 Å². The fourth-order valence-electron chi connectivity index (χ4n) is 2.79. The summed E-state index contributed by atoms with van der Waals surface area (Å²) in [6, 6.07) is 8.97. The Labute approximate surface area is 137 Å². The molecular formula is C18H23N3O2. The molecule has 0 aliphatic carbocycles. The van der Waals surface area contributed by atoms with Crippen LogP contribution in [0.1, 0.15) is 49.0 Å². The second-order valence-corrected chi connectivity index (χ2v) is 6.42. The van der Waals surface area contributed by atoms with Gasteiger partial charge in [0.05, 0.1) is 11.6 Å². The van der Waals surface area contributed by atoms with Crippen LogP contribution in [0.4, 0.5) is 0 Å². The summed E-state index contributed by atoms with van der Waals surface area (Å²) in [7, 11) is 0. The molecule has 1 N–H and O–H groups in total. The largest absolute Gasteiger partial charge is 0.353 e. The van der Waals surface area contributed by atoms with Crippen molar-refractivity contribution in [3.63, 3.8) is 0 Å². The van der Waals surface area contributed by atoms with E-state index in [2.05, 4.69) is 11.4 Å². The van der Waals surface area contributed by atoms with Crippen LogP contribution in [0, 0.1) is 17.2 Å². The number of carbonyl (C=O) groups excluding carboxylic acids is 2. The van der Waals surface area contributed by atoms with Gasteiger partial charge < -0.3 is 10.2 Å². The molecule has 0 spiro atoms. The Bertz CT molecular complexity index is 611. The molecular weight excluding hydrogens is 290 g/mol. The molecule has 0 bridgehead atoms. The first-order valence-corrected chi connectivity index (χ1v) is 8.08. The zero-order chi connectivity index (χ0) is 16.8. The summed E-state index contributed by atoms with van der Waals surface area (Å²) in [5.74, 6) is 0.393. The molecule has 1 aliphatic rings. The molecule has 0 atom stereocenters. The fourth-order valence-corrected chi connectivity index (χ4v) is 2.79. The number of likely N-dealkylation sites (tertiary alicyclic amines) is 1. The number of hydrogen-bond donors (Lipinski definition) is 1. The number of nitrogens with zero attached hydrogens (tertiary/aromatic N) is 2. The quantitative estimate of drug-likeness (QED) is 0.927. The molecule has 1 aliphatic heterocycles. The molecule has 0 aromatic heterocycles. The molecule has 0 saturated carbocycles. The topological polar surface area (TPSA) is 73.2 Å². The normalized spacial score (nSPS) is 15.3. The molecule has 5 heteroatoms. The van der Waals surface area contributed by atoms with Gasteiger partial charge in [0, 0.05) is 31.1 Å². The first-order valence-electron chi connectivity index (χ1n) is 8.08. The second-order valence-electron chi connectivity index (χ2n) is 6.42. The van der Waals surface area contributed by atoms with Crippen LogP contribution in [-0.2, 0) is 4.79 Å². The van der Waals surface area contributed by atoms with Crippen molar-refractivity contribution in [1.29, 1.82) is 5.26 Å². The van der Waals surface area contributed by atoms with Gasteiger partial charge in [-0.1, -0.05) is 19.9 Å². The van der Waals surface area contributed by atoms with Gasteiger partial charge in [0.15, 0.2) is 0 Å². The van der Waals surface area contributed by atoms with Crippen LogP contribution in [0.25, 0.3) is 0 Å². The van der Waals surface area contributed by atoms with Gasteiger partial charge in [-0.05, 0) is 37.0 Å². The number of carbonyl (C=O) groups is 2. The van der Waals surface area contributed by atoms with Crippen molar-refractivity contribution in [2.24, 2.45) is 5.92 Å². The van der Waals surface area contributed by atoms with E-state index in [0.29, 0.717) is 36.6 Å². The third kappa shape index (κ3) is 4.82. The Kier molecular flexibility index (Phi) is 5.75. The molecule has 0 unspecified atom stereocenters. The van der Waals surface area contributed by atoms with Crippen LogP contribution in [0.15, 0.2) is 24.3 Å². The van der Waals surface area contributed by atoms with Gasteiger partial charge in [0.2, 0.25) is 5.91 Å². The molecule has 1 saturated heterocycles. The van der Waals surface area contributed by atoms with Crippen LogP contribution in [0.3, 0.4) is 0 Å². The monoisotopic (exact) mass is 313 g/mol. The Morgan fingerprint density at radius 1 is 1.35 bits per heavy atom. The first kappa shape index (κ1) is 17.0. The summed E-state index contributed by atoms with van der Waals surface area (Å²) in [4.78, 5) is 26.1. The van der Waals surface area contributed by atoms with E-state index in [9.17, 15) is 9.59 Å². The number of amides is 2. The molecule has 122 valence electrons. The lowest BCUT2D eigenvalue weighted by atomic mass is 10.0. The van der Waals surface area contributed by atoms with E-state index in [4.69, 9.17) is 5.26 Å². The minimum atomic E-state index is -0.0472. The fraction of sp³-hybridized carbons (Fsp3) is 0.500. The number of piperidine rings is 1. The molecule has 1 heterocycles. The summed E-state index contributed by atoms with van der Waals surface area (Å²) in [6.07, 6.45) is 2.08. The molecule has 0 radical (unpaired) electrons. The number of hydrogen-bond acceptors (Lipinski definition) is 3. The SMILES string of the molecule is CC(C)CC(=O)NC1CCN(C(=O)c2cccc(C#N)c2)CC1. The number of nitrogens with one attached hydrogen (secondary N) is 1. The van der Waals surface area contributed by atoms with E-state index in [0.717, 1.165) is 12.8 Å². The predicted octanol–water partition coefficient (Wildman–Crippen LogP) is 2.33. The maximum atomic E-state index is 12.5. The molecule has 5 nitrogen and oxygen atoms in total. The van der Waals surface area contributed by atoms with Crippen molar-refractivity contribution in [1.82, 2.24) is 10.2 Å². The van der Waals surface area contributed by atoms with E-state index in [-0.39, 0.29) is 17.9 Å². The highest BCUT2D eigenvalue weighted by atomic mass is 16.2. The zero-order valence-corrected chi connectivity index (χ0v) is 13.7. The summed E-state index contributed by atoms with van der Waals surface area (Å²) in [5.41, 5.74) is 1.04. The van der Waals surface area contributed by atoms with Crippen LogP contribution < -0.4 is 5.32 Å². The van der Waals surface area contributed by atoms with Gasteiger partial charge in [0.25, 0.3) is 5.91 Å². The van der Waals surface area contributed by atoms with E-state index >= 15 is 0 Å². The van der Waals surface area contributed by atoms with Crippen LogP contribution in [-0.4, -0.2) is 35.8 Å². The Balaban J connectivity index is 1.87. The summed E-state index contributed by atoms with van der Waals surface area (Å²) in [6.45, 7) is 5.30. The molecule has 2 rings (SSSR count). The minimum Gasteiger partial charge on any atom is -0.353 e. The second kappa shape index (κ2) is 7.77. The summed E-state index contributed by atoms with van der Waals surface area (Å²) in [5, 5.41) is 12.0. The van der Waals surface area contributed by atoms with E-state index < -0.39 is 0 Å². The van der Waals surface area contributed by atoms with Crippen LogP contribution in [0.5, 0.6) is 0 Å². The summed E-state index contributed by atoms with van der Waals surface area (Å²) < 4.78 is 0. The number of nitriles is 1. The Morgan fingerprint density at radius 3 is 2.65 bits per heavy atom. The average Bonchev–Trinajstić information content (AvgIpc) is 2.54. The van der Waals surface area contributed by atoms with E-state index in [1.165, 1.54) is 0 Å². The standard InChI is InChI=1S/C18H23N3O2/c1-13(2)10-17(22)20-16-6-8-21(9-7-16)18(23)15-5-3-4-14(11-15)12-19/h3-5,11,13,16H,6-10H2,1-2H3,(H,20,22). The number of benzene rings is 1. The highest BCUT2D eigenvalue weighted by Gasteiger charge is 2.24. The van der Waals surface area contributed by atoms with Gasteiger partial charge >= 0.3 is 0 Å². The molecule has 1 aromatic carbocycles. The summed E-state index contributed by atoms with van der Waals surface area (Å²) >= 11 is 0. The van der Waals surface area contributed by atoms with Crippen molar-refractivity contribution in [2.75, 3.05) is 13.1 Å². The average molecular weight is 313 g/mol. The van der Waals surface area contributed by atoms with Crippen molar-refractivity contribution in [3.8, 4) is 6.07 Å². The van der Waals surface area contributed by atoms with Crippen molar-refractivity contribution >= 4 is 11.8 Å². The number of rotatable bonds is 4. The lowest BCUT2D eigenvalue weighted by Crippen LogP contribution is -2.46. The van der Waals surface area contributed by atoms with Gasteiger partial charge in [-0.15, -0.1) is 0 Å². The van der Waals surface area contributed by atoms with Gasteiger partial charge in [-0.3, -0.25) is 9.59 Å². The van der Waals surface area contributed by atoms with Crippen LogP contribution >= 0.6 is 0 Å². The van der Waals surface area contributed by atoms with Gasteiger partial charge in [0.1, 0.15) is 0 Å². The smallest absolute Gasteiger partial charge is 0.253 e. The van der Waals surface area contributed by atoms with Gasteiger partial charge in [-0.2, -0.15) is 5.26 Å². The maximum absolute atomic E-state index is 12.5. The predicted molar refractivity (Wildman–Crippen MR) is 87.7 cm³/mol. The molecule has 1 aromatic rings. The molecule has 2 amide bonds. The van der Waals surface area contributed by atoms with Crippen molar-refractivity contribution in [3.05, 3.63) is 35.4 Å². The molecule has 23 heavy (non-hydrogen) atoms. The van der Waals surface area contributed by atoms with Crippen LogP contribution in [0.2, 0.25) is 0 Å². The zero-order valence-electron chi connectivity index (χ0n) is 13.7. The third-order valence-corrected chi connectivity index (χ3v) is 3.98. The van der Waals surface area contributed by atoms with E-state index in [1.807, 2.05) is 13.8 Å². The van der Waals surface area contributed by atoms with Crippen molar-refractivity contribution < 1.29 is 9.59 Å². The third-order valence-electron chi connectivity index (χ3n) is 3.98. The first-order chi connectivity index (χ1) is 11.0. The lowest BCUT2D eigenvalue weighted by Gasteiger charge is -2.32. The van der Waals surface area contributed by atoms with Crippen molar-refractivity contribution in [2.45, 2.75) is 39.2 Å². The lowest BCUT2D eigenvalue weighted by molar-refractivity contribution is -0.122.